The zero-order chi connectivity index (χ0) is 14.7. The van der Waals surface area contributed by atoms with E-state index in [1.54, 1.807) is 0 Å². The van der Waals surface area contributed by atoms with Gasteiger partial charge in [0.1, 0.15) is 0 Å². The molecular weight excluding hydrogens is 256 g/mol. The van der Waals surface area contributed by atoms with Crippen molar-refractivity contribution in [2.45, 2.75) is 96.5 Å². The average Bonchev–Trinajstić information content (AvgIpc) is 2.84. The smallest absolute Gasteiger partial charge is 0.0734 e. The summed E-state index contributed by atoms with van der Waals surface area (Å²) in [4.78, 5) is 0. The highest BCUT2D eigenvalue weighted by Gasteiger charge is 2.64. The van der Waals surface area contributed by atoms with Crippen molar-refractivity contribution in [3.63, 3.8) is 0 Å². The van der Waals surface area contributed by atoms with Gasteiger partial charge < -0.3 is 5.11 Å². The Hall–Kier alpha value is -0.0400. The van der Waals surface area contributed by atoms with Crippen LogP contribution in [0.2, 0.25) is 0 Å². The third-order valence-corrected chi connectivity index (χ3v) is 8.97. The van der Waals surface area contributed by atoms with E-state index in [9.17, 15) is 5.11 Å². The molecular formula is C20H34O. The Morgan fingerprint density at radius 3 is 2.52 bits per heavy atom. The molecule has 1 nitrogen and oxygen atoms in total. The molecule has 0 radical (unpaired) electrons. The maximum absolute atomic E-state index is 11.8. The van der Waals surface area contributed by atoms with Crippen LogP contribution in [0, 0.1) is 28.6 Å². The SMILES string of the molecule is CC[C@@]12CCC[C@]1(O)[C@@H]1CC[C@@H]3CCCC[C@]3(C)[C@H]1CC2. The number of hydrogen-bond acceptors (Lipinski definition) is 1. The Morgan fingerprint density at radius 2 is 1.71 bits per heavy atom. The average molecular weight is 290 g/mol. The fourth-order valence-electron chi connectivity index (χ4n) is 7.73. The maximum atomic E-state index is 11.8. The van der Waals surface area contributed by atoms with Crippen LogP contribution in [0.1, 0.15) is 90.9 Å². The van der Waals surface area contributed by atoms with Gasteiger partial charge in [-0.3, -0.25) is 0 Å². The highest BCUT2D eigenvalue weighted by Crippen LogP contribution is 2.68. The van der Waals surface area contributed by atoms with Crippen LogP contribution in [0.25, 0.3) is 0 Å². The molecule has 4 aliphatic carbocycles. The fraction of sp³-hybridized carbons (Fsp3) is 1.00. The van der Waals surface area contributed by atoms with E-state index in [0.29, 0.717) is 11.3 Å². The predicted molar refractivity (Wildman–Crippen MR) is 87.0 cm³/mol. The van der Waals surface area contributed by atoms with Crippen molar-refractivity contribution in [1.82, 2.24) is 0 Å². The van der Waals surface area contributed by atoms with Gasteiger partial charge in [0.25, 0.3) is 0 Å². The summed E-state index contributed by atoms with van der Waals surface area (Å²) >= 11 is 0. The van der Waals surface area contributed by atoms with Gasteiger partial charge in [0.05, 0.1) is 5.60 Å². The standard InChI is InChI=1S/C20H34O/c1-3-19-12-6-13-20(19,21)17-9-8-15-7-4-5-11-18(15,2)16(17)10-14-19/h15-17,21H,3-14H2,1-2H3/t15-,16-,17+,18-,19-,20-/m0/s1. The van der Waals surface area contributed by atoms with Gasteiger partial charge in [0.2, 0.25) is 0 Å². The van der Waals surface area contributed by atoms with Crippen LogP contribution in [0.4, 0.5) is 0 Å². The summed E-state index contributed by atoms with van der Waals surface area (Å²) in [6.45, 7) is 4.94. The third kappa shape index (κ3) is 1.73. The summed E-state index contributed by atoms with van der Waals surface area (Å²) in [6, 6.07) is 0. The molecule has 0 amide bonds. The first-order valence-corrected chi connectivity index (χ1v) is 9.78. The lowest BCUT2D eigenvalue weighted by atomic mass is 9.43. The molecule has 120 valence electrons. The number of hydrogen-bond donors (Lipinski definition) is 1. The van der Waals surface area contributed by atoms with Gasteiger partial charge in [-0.1, -0.05) is 26.7 Å². The van der Waals surface area contributed by atoms with E-state index in [1.807, 2.05) is 0 Å². The predicted octanol–water partition coefficient (Wildman–Crippen LogP) is 5.31. The first-order chi connectivity index (χ1) is 10.1. The van der Waals surface area contributed by atoms with Gasteiger partial charge in [0.15, 0.2) is 0 Å². The van der Waals surface area contributed by atoms with Crippen molar-refractivity contribution >= 4 is 0 Å². The highest BCUT2D eigenvalue weighted by atomic mass is 16.3. The molecule has 6 atom stereocenters. The quantitative estimate of drug-likeness (QED) is 0.693. The molecule has 0 bridgehead atoms. The van der Waals surface area contributed by atoms with Gasteiger partial charge in [-0.25, -0.2) is 0 Å². The summed E-state index contributed by atoms with van der Waals surface area (Å²) in [6.07, 6.45) is 16.1. The van der Waals surface area contributed by atoms with Gasteiger partial charge in [-0.05, 0) is 92.8 Å². The first kappa shape index (κ1) is 14.5. The van der Waals surface area contributed by atoms with Crippen LogP contribution in [0.3, 0.4) is 0 Å². The molecule has 0 aromatic heterocycles. The minimum atomic E-state index is -0.309. The second kappa shape index (κ2) is 4.73. The second-order valence-corrected chi connectivity index (χ2v) is 9.19. The second-order valence-electron chi connectivity index (χ2n) is 9.19. The molecule has 21 heavy (non-hydrogen) atoms. The summed E-state index contributed by atoms with van der Waals surface area (Å²) in [7, 11) is 0. The Morgan fingerprint density at radius 1 is 0.857 bits per heavy atom. The monoisotopic (exact) mass is 290 g/mol. The molecule has 0 spiro atoms. The van der Waals surface area contributed by atoms with E-state index in [1.165, 1.54) is 70.6 Å². The maximum Gasteiger partial charge on any atom is 0.0734 e. The lowest BCUT2D eigenvalue weighted by molar-refractivity contribution is -0.203. The lowest BCUT2D eigenvalue weighted by Crippen LogP contribution is -2.61. The van der Waals surface area contributed by atoms with Crippen molar-refractivity contribution < 1.29 is 5.11 Å². The number of fused-ring (bicyclic) bond motifs is 5. The summed E-state index contributed by atoms with van der Waals surface area (Å²) < 4.78 is 0. The molecule has 0 unspecified atom stereocenters. The molecule has 4 fully saturated rings. The van der Waals surface area contributed by atoms with Crippen LogP contribution < -0.4 is 0 Å². The third-order valence-electron chi connectivity index (χ3n) is 8.97. The molecule has 4 rings (SSSR count). The summed E-state index contributed by atoms with van der Waals surface area (Å²) in [5.74, 6) is 2.40. The van der Waals surface area contributed by atoms with Crippen molar-refractivity contribution in [2.24, 2.45) is 28.6 Å². The van der Waals surface area contributed by atoms with E-state index in [-0.39, 0.29) is 11.0 Å². The zero-order valence-corrected chi connectivity index (χ0v) is 14.2. The lowest BCUT2D eigenvalue weighted by Gasteiger charge is -2.63. The van der Waals surface area contributed by atoms with Crippen LogP contribution in [-0.4, -0.2) is 10.7 Å². The van der Waals surface area contributed by atoms with Crippen molar-refractivity contribution in [2.75, 3.05) is 0 Å². The fourth-order valence-corrected chi connectivity index (χ4v) is 7.73. The van der Waals surface area contributed by atoms with E-state index in [2.05, 4.69) is 13.8 Å². The van der Waals surface area contributed by atoms with Crippen LogP contribution >= 0.6 is 0 Å². The topological polar surface area (TPSA) is 20.2 Å². The van der Waals surface area contributed by atoms with Crippen molar-refractivity contribution in [1.29, 1.82) is 0 Å². The minimum absolute atomic E-state index is 0.284. The van der Waals surface area contributed by atoms with Gasteiger partial charge in [0, 0.05) is 0 Å². The van der Waals surface area contributed by atoms with Gasteiger partial charge >= 0.3 is 0 Å². The minimum Gasteiger partial charge on any atom is -0.389 e. The molecule has 0 saturated heterocycles. The molecule has 4 aliphatic rings. The van der Waals surface area contributed by atoms with E-state index in [4.69, 9.17) is 0 Å². The molecule has 4 saturated carbocycles. The largest absolute Gasteiger partial charge is 0.389 e. The Kier molecular flexibility index (Phi) is 3.27. The summed E-state index contributed by atoms with van der Waals surface area (Å²) in [5, 5.41) is 11.8. The van der Waals surface area contributed by atoms with Crippen molar-refractivity contribution in [3.05, 3.63) is 0 Å². The molecule has 1 N–H and O–H groups in total. The molecule has 0 aromatic carbocycles. The van der Waals surface area contributed by atoms with Crippen LogP contribution in [0.15, 0.2) is 0 Å². The Balaban J connectivity index is 1.70. The Bertz CT molecular complexity index is 418. The molecule has 1 heteroatoms. The van der Waals surface area contributed by atoms with Crippen LogP contribution in [0.5, 0.6) is 0 Å². The van der Waals surface area contributed by atoms with E-state index < -0.39 is 0 Å². The van der Waals surface area contributed by atoms with Crippen LogP contribution in [-0.2, 0) is 0 Å². The number of rotatable bonds is 1. The van der Waals surface area contributed by atoms with Gasteiger partial charge in [-0.15, -0.1) is 0 Å². The molecule has 0 aliphatic heterocycles. The van der Waals surface area contributed by atoms with Gasteiger partial charge in [-0.2, -0.15) is 0 Å². The normalized spacial score (nSPS) is 56.4. The summed E-state index contributed by atoms with van der Waals surface area (Å²) in [5.41, 5.74) is 0.529. The number of aliphatic hydroxyl groups is 1. The Labute approximate surface area is 130 Å². The van der Waals surface area contributed by atoms with Crippen molar-refractivity contribution in [3.8, 4) is 0 Å². The van der Waals surface area contributed by atoms with E-state index >= 15 is 0 Å². The zero-order valence-electron chi connectivity index (χ0n) is 14.2. The molecule has 0 heterocycles. The highest BCUT2D eigenvalue weighted by molar-refractivity contribution is 5.15. The first-order valence-electron chi connectivity index (χ1n) is 9.78. The molecule has 0 aromatic rings. The van der Waals surface area contributed by atoms with E-state index in [0.717, 1.165) is 18.3 Å².